The lowest BCUT2D eigenvalue weighted by Crippen LogP contribution is -2.39. The number of methoxy groups -OCH3 is 1. The average Bonchev–Trinajstić information content (AvgIpc) is 2.37. The van der Waals surface area contributed by atoms with Crippen LogP contribution in [-0.2, 0) is 4.79 Å². The predicted molar refractivity (Wildman–Crippen MR) is 70.9 cm³/mol. The predicted octanol–water partition coefficient (Wildman–Crippen LogP) is 2.92. The molecule has 1 rings (SSSR count). The summed E-state index contributed by atoms with van der Waals surface area (Å²) in [6, 6.07) is 7.35. The first kappa shape index (κ1) is 13.8. The summed E-state index contributed by atoms with van der Waals surface area (Å²) in [5.74, 6) is 1.07. The monoisotopic (exact) mass is 255 g/mol. The van der Waals surface area contributed by atoms with Crippen molar-refractivity contribution >= 4 is 23.2 Å². The first-order chi connectivity index (χ1) is 7.92. The third kappa shape index (κ3) is 3.13. The fourth-order valence-electron chi connectivity index (χ4n) is 1.43. The van der Waals surface area contributed by atoms with E-state index < -0.39 is 5.41 Å². The molecule has 0 atom stereocenters. The Morgan fingerprint density at radius 1 is 1.35 bits per heavy atom. The molecule has 0 aliphatic carbocycles. The summed E-state index contributed by atoms with van der Waals surface area (Å²) in [6.07, 6.45) is 0. The Morgan fingerprint density at radius 3 is 2.29 bits per heavy atom. The van der Waals surface area contributed by atoms with Gasteiger partial charge < -0.3 is 9.64 Å². The maximum atomic E-state index is 12.2. The smallest absolute Gasteiger partial charge is 0.233 e. The maximum absolute atomic E-state index is 12.2. The van der Waals surface area contributed by atoms with E-state index >= 15 is 0 Å². The standard InChI is InChI=1S/C13H18ClNO2/c1-13(2,9-14)12(16)15(3)10-5-7-11(17-4)8-6-10/h5-8H,9H2,1-4H3. The molecule has 0 fully saturated rings. The Morgan fingerprint density at radius 2 is 1.88 bits per heavy atom. The van der Waals surface area contributed by atoms with Gasteiger partial charge in [0.1, 0.15) is 5.75 Å². The van der Waals surface area contributed by atoms with E-state index in [0.29, 0.717) is 5.88 Å². The van der Waals surface area contributed by atoms with Crippen LogP contribution in [0.2, 0.25) is 0 Å². The number of amides is 1. The van der Waals surface area contributed by atoms with Gasteiger partial charge in [-0.05, 0) is 38.1 Å². The van der Waals surface area contributed by atoms with Crippen molar-refractivity contribution < 1.29 is 9.53 Å². The average molecular weight is 256 g/mol. The molecule has 4 heteroatoms. The second-order valence-electron chi connectivity index (χ2n) is 4.58. The third-order valence-corrected chi connectivity index (χ3v) is 3.35. The molecule has 0 aliphatic heterocycles. The first-order valence-corrected chi connectivity index (χ1v) is 5.94. The number of carbonyl (C=O) groups is 1. The molecule has 1 aromatic carbocycles. The summed E-state index contributed by atoms with van der Waals surface area (Å²) in [6.45, 7) is 3.67. The first-order valence-electron chi connectivity index (χ1n) is 5.40. The highest BCUT2D eigenvalue weighted by atomic mass is 35.5. The van der Waals surface area contributed by atoms with Crippen LogP contribution in [-0.4, -0.2) is 25.9 Å². The molecule has 0 aromatic heterocycles. The lowest BCUT2D eigenvalue weighted by atomic mass is 9.94. The van der Waals surface area contributed by atoms with Crippen molar-refractivity contribution in [1.82, 2.24) is 0 Å². The van der Waals surface area contributed by atoms with Gasteiger partial charge in [0, 0.05) is 18.6 Å². The number of carbonyl (C=O) groups excluding carboxylic acids is 1. The van der Waals surface area contributed by atoms with Crippen molar-refractivity contribution in [3.8, 4) is 5.75 Å². The van der Waals surface area contributed by atoms with Crippen molar-refractivity contribution in [1.29, 1.82) is 0 Å². The fourth-order valence-corrected chi connectivity index (χ4v) is 1.55. The number of rotatable bonds is 4. The number of alkyl halides is 1. The topological polar surface area (TPSA) is 29.5 Å². The molecule has 0 aliphatic rings. The van der Waals surface area contributed by atoms with Crippen molar-refractivity contribution in [3.05, 3.63) is 24.3 Å². The van der Waals surface area contributed by atoms with Gasteiger partial charge in [-0.2, -0.15) is 0 Å². The molecule has 94 valence electrons. The molecule has 0 bridgehead atoms. The number of anilines is 1. The van der Waals surface area contributed by atoms with Crippen LogP contribution in [0.5, 0.6) is 5.75 Å². The van der Waals surface area contributed by atoms with Crippen LogP contribution in [0, 0.1) is 5.41 Å². The van der Waals surface area contributed by atoms with Crippen LogP contribution >= 0.6 is 11.6 Å². The van der Waals surface area contributed by atoms with Gasteiger partial charge in [-0.25, -0.2) is 0 Å². The summed E-state index contributed by atoms with van der Waals surface area (Å²) < 4.78 is 5.07. The minimum Gasteiger partial charge on any atom is -0.497 e. The van der Waals surface area contributed by atoms with E-state index in [0.717, 1.165) is 11.4 Å². The van der Waals surface area contributed by atoms with Crippen LogP contribution in [0.1, 0.15) is 13.8 Å². The van der Waals surface area contributed by atoms with Crippen LogP contribution in [0.3, 0.4) is 0 Å². The Bertz CT molecular complexity index is 387. The number of benzene rings is 1. The summed E-state index contributed by atoms with van der Waals surface area (Å²) >= 11 is 5.80. The van der Waals surface area contributed by atoms with Crippen LogP contribution in [0.15, 0.2) is 24.3 Å². The Labute approximate surface area is 107 Å². The number of halogens is 1. The molecule has 1 aromatic rings. The molecule has 0 unspecified atom stereocenters. The number of hydrogen-bond acceptors (Lipinski definition) is 2. The second-order valence-corrected chi connectivity index (χ2v) is 4.85. The Kier molecular flexibility index (Phi) is 4.40. The molecule has 0 saturated carbocycles. The van der Waals surface area contributed by atoms with Crippen molar-refractivity contribution in [3.63, 3.8) is 0 Å². The third-order valence-electron chi connectivity index (χ3n) is 2.68. The summed E-state index contributed by atoms with van der Waals surface area (Å²) in [5, 5.41) is 0. The highest BCUT2D eigenvalue weighted by Gasteiger charge is 2.30. The lowest BCUT2D eigenvalue weighted by molar-refractivity contribution is -0.125. The number of hydrogen-bond donors (Lipinski definition) is 0. The summed E-state index contributed by atoms with van der Waals surface area (Å²) in [7, 11) is 3.36. The highest BCUT2D eigenvalue weighted by molar-refractivity contribution is 6.20. The molecule has 0 heterocycles. The van der Waals surface area contributed by atoms with Gasteiger partial charge in [0.05, 0.1) is 12.5 Å². The molecule has 0 radical (unpaired) electrons. The Balaban J connectivity index is 2.88. The normalized spacial score (nSPS) is 11.1. The summed E-state index contributed by atoms with van der Waals surface area (Å²) in [4.78, 5) is 13.8. The van der Waals surface area contributed by atoms with Gasteiger partial charge in [-0.3, -0.25) is 4.79 Å². The van der Waals surface area contributed by atoms with Crippen LogP contribution in [0.25, 0.3) is 0 Å². The molecule has 0 spiro atoms. The maximum Gasteiger partial charge on any atom is 0.233 e. The minimum atomic E-state index is -0.559. The zero-order chi connectivity index (χ0) is 13.1. The van der Waals surface area contributed by atoms with E-state index in [1.54, 1.807) is 19.1 Å². The molecular weight excluding hydrogens is 238 g/mol. The molecule has 17 heavy (non-hydrogen) atoms. The van der Waals surface area contributed by atoms with Gasteiger partial charge in [0.25, 0.3) is 0 Å². The van der Waals surface area contributed by atoms with Crippen molar-refractivity contribution in [2.24, 2.45) is 5.41 Å². The molecular formula is C13H18ClNO2. The van der Waals surface area contributed by atoms with E-state index in [1.807, 2.05) is 38.1 Å². The number of ether oxygens (including phenoxy) is 1. The van der Waals surface area contributed by atoms with E-state index in [1.165, 1.54) is 0 Å². The lowest BCUT2D eigenvalue weighted by Gasteiger charge is -2.27. The fraction of sp³-hybridized carbons (Fsp3) is 0.462. The quantitative estimate of drug-likeness (QED) is 0.775. The molecule has 0 N–H and O–H groups in total. The van der Waals surface area contributed by atoms with Gasteiger partial charge in [0.15, 0.2) is 0 Å². The van der Waals surface area contributed by atoms with E-state index in [9.17, 15) is 4.79 Å². The minimum absolute atomic E-state index is 0.00216. The van der Waals surface area contributed by atoms with Gasteiger partial charge >= 0.3 is 0 Å². The molecule has 0 saturated heterocycles. The van der Waals surface area contributed by atoms with Crippen molar-refractivity contribution in [2.75, 3.05) is 24.9 Å². The second kappa shape index (κ2) is 5.41. The molecule has 3 nitrogen and oxygen atoms in total. The SMILES string of the molecule is COc1ccc(N(C)C(=O)C(C)(C)CCl)cc1. The number of nitrogens with zero attached hydrogens (tertiary/aromatic N) is 1. The van der Waals surface area contributed by atoms with Crippen molar-refractivity contribution in [2.45, 2.75) is 13.8 Å². The highest BCUT2D eigenvalue weighted by Crippen LogP contribution is 2.25. The zero-order valence-corrected chi connectivity index (χ0v) is 11.4. The van der Waals surface area contributed by atoms with Gasteiger partial charge in [0.2, 0.25) is 5.91 Å². The van der Waals surface area contributed by atoms with E-state index in [2.05, 4.69) is 0 Å². The summed E-state index contributed by atoms with van der Waals surface area (Å²) in [5.41, 5.74) is 0.268. The van der Waals surface area contributed by atoms with E-state index in [4.69, 9.17) is 16.3 Å². The zero-order valence-electron chi connectivity index (χ0n) is 10.7. The van der Waals surface area contributed by atoms with Gasteiger partial charge in [-0.1, -0.05) is 0 Å². The van der Waals surface area contributed by atoms with Crippen LogP contribution in [0.4, 0.5) is 5.69 Å². The Hall–Kier alpha value is -1.22. The molecule has 1 amide bonds. The van der Waals surface area contributed by atoms with Gasteiger partial charge in [-0.15, -0.1) is 11.6 Å². The largest absolute Gasteiger partial charge is 0.497 e. The van der Waals surface area contributed by atoms with E-state index in [-0.39, 0.29) is 5.91 Å². The van der Waals surface area contributed by atoms with Crippen LogP contribution < -0.4 is 9.64 Å².